The lowest BCUT2D eigenvalue weighted by atomic mass is 10.1. The van der Waals surface area contributed by atoms with Gasteiger partial charge in [-0.1, -0.05) is 12.2 Å². The highest BCUT2D eigenvalue weighted by Gasteiger charge is 2.53. The minimum absolute atomic E-state index is 0.0343. The van der Waals surface area contributed by atoms with Crippen molar-refractivity contribution < 1.29 is 41.2 Å². The van der Waals surface area contributed by atoms with Gasteiger partial charge in [0.1, 0.15) is 36.3 Å². The van der Waals surface area contributed by atoms with E-state index in [0.29, 0.717) is 0 Å². The van der Waals surface area contributed by atoms with E-state index in [9.17, 15) is 9.69 Å². The summed E-state index contributed by atoms with van der Waals surface area (Å²) in [6, 6.07) is 0. The molecule has 24 heteroatoms. The minimum atomic E-state index is -4.27. The molecule has 3 saturated heterocycles. The Hall–Kier alpha value is -2.49. The number of nitrogen functional groups attached to an aromatic ring is 2. The van der Waals surface area contributed by atoms with Gasteiger partial charge in [0.25, 0.3) is 5.56 Å². The van der Waals surface area contributed by atoms with E-state index in [0.717, 1.165) is 0 Å². The third-order valence-corrected chi connectivity index (χ3v) is 10.1. The number of rotatable bonds is 2. The smallest absolute Gasteiger partial charge is 0.325 e. The fourth-order valence-electron chi connectivity index (χ4n) is 5.15. The van der Waals surface area contributed by atoms with Crippen molar-refractivity contribution in [2.24, 2.45) is 0 Å². The normalized spacial score (nSPS) is 36.6. The highest BCUT2D eigenvalue weighted by Crippen LogP contribution is 2.54. The molecule has 3 aliphatic heterocycles. The van der Waals surface area contributed by atoms with Crippen molar-refractivity contribution in [3.8, 4) is 0 Å². The third-order valence-electron chi connectivity index (χ3n) is 7.14. The Bertz CT molecular complexity index is 1840. The second kappa shape index (κ2) is 11.4. The van der Waals surface area contributed by atoms with Crippen LogP contribution >= 0.6 is 26.5 Å². The Morgan fingerprint density at radius 3 is 2.55 bits per heavy atom. The van der Waals surface area contributed by atoms with Gasteiger partial charge in [0.2, 0.25) is 13.5 Å². The summed E-state index contributed by atoms with van der Waals surface area (Å²) in [5.74, 6) is -0.132. The molecule has 0 aliphatic carbocycles. The standard InChI is InChI=1S/C20H22F2N10O8P2S2/c21-8-6-1-35-41(43)39-12-7(38-18(9(12)22)31-4-27-10-14(23)25-3-26-15(10)31)2-36-42(34,44)40-13(8)19(37-6)32-5-28-11-16(32)29-20(24)30-17(11)33/h3-9,12-13,18-19,43H,1-2H2,(H,34,44)(H2,23,25,26)(H3,24,29,30,33). The quantitative estimate of drug-likeness (QED) is 0.144. The summed E-state index contributed by atoms with van der Waals surface area (Å²) in [6.07, 6.45) is -8.18. The molecule has 10 unspecified atom stereocenters. The molecule has 0 saturated carbocycles. The molecule has 7 rings (SSSR count). The van der Waals surface area contributed by atoms with Crippen molar-refractivity contribution in [1.82, 2.24) is 39.0 Å². The van der Waals surface area contributed by atoms with Gasteiger partial charge >= 0.3 is 6.72 Å². The number of hydrogen-bond acceptors (Lipinski definition) is 16. The molecule has 4 aromatic rings. The van der Waals surface area contributed by atoms with Gasteiger partial charge in [-0.3, -0.25) is 23.4 Å². The SMILES string of the molecule is Nc1nc2c(ncn2C2OC3COP(S)OC4C(COP(O)(=S)OC2C3F)OC(n2cnc3c(N)ncnc32)C4F)c(=O)[nH]1. The van der Waals surface area contributed by atoms with Crippen LogP contribution in [0.5, 0.6) is 0 Å². The van der Waals surface area contributed by atoms with E-state index in [1.54, 1.807) is 0 Å². The van der Waals surface area contributed by atoms with Crippen LogP contribution in [0.2, 0.25) is 0 Å². The lowest BCUT2D eigenvalue weighted by molar-refractivity contribution is -0.0567. The summed E-state index contributed by atoms with van der Waals surface area (Å²) in [7, 11) is -2.13. The Labute approximate surface area is 255 Å². The maximum Gasteiger partial charge on any atom is 0.325 e. The van der Waals surface area contributed by atoms with Crippen LogP contribution in [0.15, 0.2) is 23.8 Å². The molecule has 0 spiro atoms. The number of aromatic nitrogens is 8. The molecule has 44 heavy (non-hydrogen) atoms. The van der Waals surface area contributed by atoms with Crippen molar-refractivity contribution in [1.29, 1.82) is 0 Å². The van der Waals surface area contributed by atoms with Crippen LogP contribution in [0.25, 0.3) is 22.3 Å². The highest BCUT2D eigenvalue weighted by molar-refractivity contribution is 8.41. The first kappa shape index (κ1) is 30.2. The van der Waals surface area contributed by atoms with E-state index in [2.05, 4.69) is 42.2 Å². The van der Waals surface area contributed by atoms with Crippen LogP contribution in [0.3, 0.4) is 0 Å². The van der Waals surface area contributed by atoms with E-state index in [1.165, 1.54) is 28.1 Å². The van der Waals surface area contributed by atoms with Gasteiger partial charge in [-0.05, 0) is 11.8 Å². The number of halogens is 2. The minimum Gasteiger partial charge on any atom is -0.382 e. The second-order valence-electron chi connectivity index (χ2n) is 9.82. The van der Waals surface area contributed by atoms with Crippen LogP contribution in [-0.2, 0) is 39.4 Å². The highest BCUT2D eigenvalue weighted by atomic mass is 32.7. The fourth-order valence-corrected chi connectivity index (χ4v) is 7.88. The monoisotopic (exact) mass is 694 g/mol. The van der Waals surface area contributed by atoms with Gasteiger partial charge in [-0.2, -0.15) is 4.98 Å². The van der Waals surface area contributed by atoms with Crippen molar-refractivity contribution in [2.45, 2.75) is 49.2 Å². The summed E-state index contributed by atoms with van der Waals surface area (Å²) < 4.78 is 68.7. The molecule has 0 radical (unpaired) electrons. The van der Waals surface area contributed by atoms with Crippen LogP contribution in [0, 0.1) is 0 Å². The predicted molar refractivity (Wildman–Crippen MR) is 154 cm³/mol. The van der Waals surface area contributed by atoms with Gasteiger partial charge in [-0.25, -0.2) is 28.7 Å². The summed E-state index contributed by atoms with van der Waals surface area (Å²) in [5, 5.41) is 0. The summed E-state index contributed by atoms with van der Waals surface area (Å²) >= 11 is 9.51. The Morgan fingerprint density at radius 2 is 1.75 bits per heavy atom. The molecule has 10 atom stereocenters. The molecule has 4 aromatic heterocycles. The van der Waals surface area contributed by atoms with Crippen molar-refractivity contribution >= 4 is 72.4 Å². The predicted octanol–water partition coefficient (Wildman–Crippen LogP) is 0.786. The topological polar surface area (TPSA) is 235 Å². The van der Waals surface area contributed by atoms with Gasteiger partial charge in [0.15, 0.2) is 47.4 Å². The number of hydrogen-bond donors (Lipinski definition) is 5. The van der Waals surface area contributed by atoms with Crippen LogP contribution in [0.1, 0.15) is 12.5 Å². The fraction of sp³-hybridized carbons (Fsp3) is 0.500. The largest absolute Gasteiger partial charge is 0.382 e. The maximum absolute atomic E-state index is 15.9. The van der Waals surface area contributed by atoms with Crippen molar-refractivity contribution in [3.63, 3.8) is 0 Å². The van der Waals surface area contributed by atoms with E-state index in [-0.39, 0.29) is 34.1 Å². The van der Waals surface area contributed by atoms with E-state index in [1.807, 2.05) is 0 Å². The van der Waals surface area contributed by atoms with Crippen LogP contribution in [-0.4, -0.2) is 93.9 Å². The van der Waals surface area contributed by atoms with E-state index in [4.69, 9.17) is 50.8 Å². The van der Waals surface area contributed by atoms with Gasteiger partial charge in [0.05, 0.1) is 25.9 Å². The van der Waals surface area contributed by atoms with Gasteiger partial charge in [0, 0.05) is 0 Å². The number of anilines is 2. The molecule has 2 bridgehead atoms. The number of nitrogens with zero attached hydrogens (tertiary/aromatic N) is 7. The molecule has 3 aliphatic rings. The molecule has 236 valence electrons. The first-order chi connectivity index (χ1) is 21.0. The number of fused-ring (bicyclic) bond motifs is 5. The van der Waals surface area contributed by atoms with Gasteiger partial charge < -0.3 is 39.4 Å². The lowest BCUT2D eigenvalue weighted by Gasteiger charge is -2.27. The zero-order valence-corrected chi connectivity index (χ0v) is 25.4. The molecule has 7 heterocycles. The number of ether oxygens (including phenoxy) is 2. The lowest BCUT2D eigenvalue weighted by Crippen LogP contribution is -2.33. The average Bonchev–Trinajstić information content (AvgIpc) is 3.72. The van der Waals surface area contributed by atoms with Crippen LogP contribution < -0.4 is 17.0 Å². The number of thiol groups is 1. The Morgan fingerprint density at radius 1 is 1.02 bits per heavy atom. The number of H-pyrrole nitrogens is 1. The summed E-state index contributed by atoms with van der Waals surface area (Å²) in [6.45, 7) is -5.22. The van der Waals surface area contributed by atoms with E-state index >= 15 is 8.78 Å². The zero-order valence-electron chi connectivity index (χ0n) is 21.9. The third kappa shape index (κ3) is 5.26. The number of nitrogens with two attached hydrogens (primary N) is 2. The first-order valence-electron chi connectivity index (χ1n) is 12.7. The number of nitrogens with one attached hydrogen (secondary N) is 1. The first-order valence-corrected chi connectivity index (χ1v) is 17.6. The van der Waals surface area contributed by atoms with Crippen LogP contribution in [0.4, 0.5) is 20.5 Å². The van der Waals surface area contributed by atoms with Gasteiger partial charge in [-0.15, -0.1) is 0 Å². The molecular formula is C20H22F2N10O8P2S2. The molecular weight excluding hydrogens is 672 g/mol. The second-order valence-corrected chi connectivity index (χ2v) is 14.5. The van der Waals surface area contributed by atoms with E-state index < -0.39 is 82.3 Å². The average molecular weight is 695 g/mol. The number of aromatic amines is 1. The maximum atomic E-state index is 15.9. The Balaban J connectivity index is 1.18. The van der Waals surface area contributed by atoms with Crippen molar-refractivity contribution in [2.75, 3.05) is 24.7 Å². The molecule has 6 N–H and O–H groups in total. The summed E-state index contributed by atoms with van der Waals surface area (Å²) in [5.41, 5.74) is 11.2. The van der Waals surface area contributed by atoms with Crippen molar-refractivity contribution in [3.05, 3.63) is 29.3 Å². The molecule has 3 fully saturated rings. The molecule has 0 aromatic carbocycles. The number of alkyl halides is 2. The number of imidazole rings is 2. The zero-order chi connectivity index (χ0) is 30.9. The summed E-state index contributed by atoms with van der Waals surface area (Å²) in [4.78, 5) is 45.8. The Kier molecular flexibility index (Phi) is 7.81. The molecule has 18 nitrogen and oxygen atoms in total. The molecule has 0 amide bonds.